The molecule has 1 aliphatic heterocycles. The number of aliphatic hydroxyl groups is 1. The van der Waals surface area contributed by atoms with Crippen LogP contribution in [0.1, 0.15) is 44.9 Å². The second kappa shape index (κ2) is 7.10. The van der Waals surface area contributed by atoms with Gasteiger partial charge in [0.15, 0.2) is 0 Å². The lowest BCUT2D eigenvalue weighted by atomic mass is 9.96. The Kier molecular flexibility index (Phi) is 5.45. The molecule has 2 rings (SSSR count). The van der Waals surface area contributed by atoms with Gasteiger partial charge >= 0.3 is 0 Å². The van der Waals surface area contributed by atoms with Crippen molar-refractivity contribution in [1.29, 1.82) is 0 Å². The highest BCUT2D eigenvalue weighted by Crippen LogP contribution is 2.26. The zero-order chi connectivity index (χ0) is 12.8. The molecule has 1 unspecified atom stereocenters. The van der Waals surface area contributed by atoms with Crippen LogP contribution in [0.5, 0.6) is 0 Å². The van der Waals surface area contributed by atoms with Crippen LogP contribution in [-0.2, 0) is 9.53 Å². The minimum Gasteiger partial charge on any atom is -0.394 e. The Morgan fingerprint density at radius 3 is 2.61 bits per heavy atom. The molecule has 1 saturated heterocycles. The molecule has 4 nitrogen and oxygen atoms in total. The van der Waals surface area contributed by atoms with E-state index in [4.69, 9.17) is 9.84 Å². The van der Waals surface area contributed by atoms with E-state index in [1.807, 2.05) is 4.90 Å². The maximum absolute atomic E-state index is 12.2. The van der Waals surface area contributed by atoms with Gasteiger partial charge in [-0.1, -0.05) is 25.7 Å². The molecule has 2 fully saturated rings. The Balaban J connectivity index is 1.79. The van der Waals surface area contributed by atoms with Gasteiger partial charge in [-0.3, -0.25) is 4.79 Å². The number of aliphatic hydroxyl groups excluding tert-OH is 1. The topological polar surface area (TPSA) is 49.8 Å². The number of rotatable bonds is 3. The maximum atomic E-state index is 12.2. The normalized spacial score (nSPS) is 26.9. The summed E-state index contributed by atoms with van der Waals surface area (Å²) in [5.74, 6) is 0.832. The van der Waals surface area contributed by atoms with Gasteiger partial charge in [-0.2, -0.15) is 0 Å². The van der Waals surface area contributed by atoms with Crippen LogP contribution in [0.4, 0.5) is 0 Å². The van der Waals surface area contributed by atoms with Gasteiger partial charge in [0.05, 0.1) is 19.3 Å². The Morgan fingerprint density at radius 1 is 1.22 bits per heavy atom. The van der Waals surface area contributed by atoms with Gasteiger partial charge in [0.1, 0.15) is 0 Å². The van der Waals surface area contributed by atoms with E-state index in [2.05, 4.69) is 0 Å². The first-order chi connectivity index (χ1) is 8.79. The van der Waals surface area contributed by atoms with E-state index in [-0.39, 0.29) is 18.6 Å². The van der Waals surface area contributed by atoms with E-state index >= 15 is 0 Å². The molecule has 1 heterocycles. The summed E-state index contributed by atoms with van der Waals surface area (Å²) in [6.45, 7) is 1.80. The Bertz CT molecular complexity index is 262. The molecule has 0 aromatic heterocycles. The van der Waals surface area contributed by atoms with Gasteiger partial charge < -0.3 is 14.7 Å². The van der Waals surface area contributed by atoms with Crippen molar-refractivity contribution in [2.45, 2.75) is 51.0 Å². The Morgan fingerprint density at radius 2 is 1.94 bits per heavy atom. The molecule has 1 amide bonds. The number of ether oxygens (including phenoxy) is 1. The van der Waals surface area contributed by atoms with Gasteiger partial charge in [-0.05, 0) is 18.8 Å². The summed E-state index contributed by atoms with van der Waals surface area (Å²) in [5.41, 5.74) is 0. The summed E-state index contributed by atoms with van der Waals surface area (Å²) < 4.78 is 5.37. The molecule has 1 atom stereocenters. The number of morpholine rings is 1. The summed E-state index contributed by atoms with van der Waals surface area (Å²) >= 11 is 0. The number of hydrogen-bond acceptors (Lipinski definition) is 3. The van der Waals surface area contributed by atoms with Crippen LogP contribution in [-0.4, -0.2) is 48.3 Å². The number of nitrogens with zero attached hydrogens (tertiary/aromatic N) is 1. The largest absolute Gasteiger partial charge is 0.394 e. The molecule has 1 aliphatic carbocycles. The summed E-state index contributed by atoms with van der Waals surface area (Å²) in [5, 5.41) is 9.09. The minimum absolute atomic E-state index is 0.00715. The van der Waals surface area contributed by atoms with E-state index in [0.717, 1.165) is 0 Å². The van der Waals surface area contributed by atoms with Crippen molar-refractivity contribution >= 4 is 5.91 Å². The first-order valence-corrected chi connectivity index (χ1v) is 7.30. The van der Waals surface area contributed by atoms with Crippen LogP contribution in [0.25, 0.3) is 0 Å². The van der Waals surface area contributed by atoms with Gasteiger partial charge in [0, 0.05) is 19.5 Å². The second-order valence-electron chi connectivity index (χ2n) is 5.58. The van der Waals surface area contributed by atoms with Crippen LogP contribution in [0, 0.1) is 5.92 Å². The third-order valence-corrected chi connectivity index (χ3v) is 4.13. The van der Waals surface area contributed by atoms with Crippen molar-refractivity contribution in [2.24, 2.45) is 5.92 Å². The first kappa shape index (κ1) is 13.8. The van der Waals surface area contributed by atoms with Crippen LogP contribution in [0.3, 0.4) is 0 Å². The average Bonchev–Trinajstić information content (AvgIpc) is 2.67. The van der Waals surface area contributed by atoms with Crippen LogP contribution >= 0.6 is 0 Å². The monoisotopic (exact) mass is 255 g/mol. The van der Waals surface area contributed by atoms with Crippen LogP contribution in [0.2, 0.25) is 0 Å². The summed E-state index contributed by atoms with van der Waals surface area (Å²) in [6, 6.07) is 0. The molecule has 0 bridgehead atoms. The first-order valence-electron chi connectivity index (χ1n) is 7.30. The molecule has 0 aromatic rings. The molecule has 0 radical (unpaired) electrons. The molecule has 18 heavy (non-hydrogen) atoms. The lowest BCUT2D eigenvalue weighted by Gasteiger charge is -2.33. The van der Waals surface area contributed by atoms with E-state index in [0.29, 0.717) is 32.0 Å². The highest BCUT2D eigenvalue weighted by Gasteiger charge is 2.25. The lowest BCUT2D eigenvalue weighted by molar-refractivity contribution is -0.141. The fourth-order valence-corrected chi connectivity index (χ4v) is 3.00. The number of amides is 1. The van der Waals surface area contributed by atoms with Crippen molar-refractivity contribution < 1.29 is 14.6 Å². The fourth-order valence-electron chi connectivity index (χ4n) is 3.00. The van der Waals surface area contributed by atoms with E-state index in [1.54, 1.807) is 0 Å². The quantitative estimate of drug-likeness (QED) is 0.779. The van der Waals surface area contributed by atoms with Crippen molar-refractivity contribution in [3.05, 3.63) is 0 Å². The highest BCUT2D eigenvalue weighted by atomic mass is 16.5. The van der Waals surface area contributed by atoms with Gasteiger partial charge in [0.25, 0.3) is 0 Å². The predicted molar refractivity (Wildman–Crippen MR) is 69.2 cm³/mol. The van der Waals surface area contributed by atoms with Gasteiger partial charge in [-0.15, -0.1) is 0 Å². The molecule has 0 spiro atoms. The molecular formula is C14H25NO3. The third kappa shape index (κ3) is 3.95. The van der Waals surface area contributed by atoms with E-state index in [1.165, 1.54) is 38.5 Å². The molecule has 4 heteroatoms. The molecule has 104 valence electrons. The van der Waals surface area contributed by atoms with Gasteiger partial charge in [0.2, 0.25) is 5.91 Å². The molecule has 1 N–H and O–H groups in total. The zero-order valence-corrected chi connectivity index (χ0v) is 11.1. The Hall–Kier alpha value is -0.610. The van der Waals surface area contributed by atoms with Crippen LogP contribution in [0.15, 0.2) is 0 Å². The zero-order valence-electron chi connectivity index (χ0n) is 11.1. The van der Waals surface area contributed by atoms with Crippen LogP contribution < -0.4 is 0 Å². The summed E-state index contributed by atoms with van der Waals surface area (Å²) in [7, 11) is 0. The van der Waals surface area contributed by atoms with E-state index < -0.39 is 0 Å². The standard InChI is InChI=1S/C14H25NO3/c16-11-13-10-15(7-8-18-13)14(17)9-12-5-3-1-2-4-6-12/h12-13,16H,1-11H2. The summed E-state index contributed by atoms with van der Waals surface area (Å²) in [6.07, 6.45) is 8.14. The second-order valence-corrected chi connectivity index (χ2v) is 5.58. The SMILES string of the molecule is O=C(CC1CCCCCC1)N1CCOC(CO)C1. The third-order valence-electron chi connectivity index (χ3n) is 4.13. The Labute approximate surface area is 109 Å². The van der Waals surface area contributed by atoms with Crippen molar-refractivity contribution in [2.75, 3.05) is 26.3 Å². The molecule has 1 saturated carbocycles. The number of hydrogen-bond donors (Lipinski definition) is 1. The predicted octanol–water partition coefficient (Wildman–Crippen LogP) is 1.57. The minimum atomic E-state index is -0.183. The molecule has 2 aliphatic rings. The summed E-state index contributed by atoms with van der Waals surface area (Å²) in [4.78, 5) is 14.1. The highest BCUT2D eigenvalue weighted by molar-refractivity contribution is 5.76. The average molecular weight is 255 g/mol. The fraction of sp³-hybridized carbons (Fsp3) is 0.929. The van der Waals surface area contributed by atoms with Crippen molar-refractivity contribution in [1.82, 2.24) is 4.90 Å². The van der Waals surface area contributed by atoms with E-state index in [9.17, 15) is 4.79 Å². The smallest absolute Gasteiger partial charge is 0.223 e. The molecular weight excluding hydrogens is 230 g/mol. The van der Waals surface area contributed by atoms with Gasteiger partial charge in [-0.25, -0.2) is 0 Å². The number of carbonyl (C=O) groups excluding carboxylic acids is 1. The van der Waals surface area contributed by atoms with Crippen molar-refractivity contribution in [3.8, 4) is 0 Å². The number of carbonyl (C=O) groups is 1. The lowest BCUT2D eigenvalue weighted by Crippen LogP contribution is -2.47. The molecule has 0 aromatic carbocycles. The maximum Gasteiger partial charge on any atom is 0.223 e. The van der Waals surface area contributed by atoms with Crippen molar-refractivity contribution in [3.63, 3.8) is 0 Å².